The normalized spacial score (nSPS) is 10.6. The van der Waals surface area contributed by atoms with Gasteiger partial charge in [-0.05, 0) is 23.6 Å². The number of carbonyl (C=O) groups is 1. The molecule has 0 saturated heterocycles. The Kier molecular flexibility index (Phi) is 3.00. The lowest BCUT2D eigenvalue weighted by Gasteiger charge is -2.06. The zero-order valence-electron chi connectivity index (χ0n) is 10.2. The van der Waals surface area contributed by atoms with Crippen molar-refractivity contribution in [1.82, 2.24) is 4.98 Å². The van der Waals surface area contributed by atoms with Crippen molar-refractivity contribution in [2.24, 2.45) is 0 Å². The van der Waals surface area contributed by atoms with Gasteiger partial charge < -0.3 is 15.4 Å². The molecule has 1 amide bonds. The number of carbonyl (C=O) groups excluding carboxylic acids is 1. The Morgan fingerprint density at radius 2 is 1.95 bits per heavy atom. The molecule has 0 radical (unpaired) electrons. The van der Waals surface area contributed by atoms with E-state index >= 15 is 0 Å². The Hall–Kier alpha value is -2.60. The number of hydrogen-bond donors (Lipinski definition) is 3. The summed E-state index contributed by atoms with van der Waals surface area (Å²) in [5.74, 6) is -0.919. The highest BCUT2D eigenvalue weighted by Crippen LogP contribution is 2.29. The lowest BCUT2D eigenvalue weighted by Crippen LogP contribution is -2.23. The molecule has 2 heterocycles. The van der Waals surface area contributed by atoms with Gasteiger partial charge in [-0.25, -0.2) is 0 Å². The molecule has 3 rings (SSSR count). The topological polar surface area (TPSA) is 82.2 Å². The summed E-state index contributed by atoms with van der Waals surface area (Å²) in [6.07, 6.45) is 0. The van der Waals surface area contributed by atoms with Crippen molar-refractivity contribution in [3.8, 4) is 5.75 Å². The van der Waals surface area contributed by atoms with E-state index < -0.39 is 11.5 Å². The Bertz CT molecular complexity index is 836. The molecule has 1 aromatic carbocycles. The molecule has 0 spiro atoms. The number of aromatic nitrogens is 1. The van der Waals surface area contributed by atoms with Crippen molar-refractivity contribution < 1.29 is 9.90 Å². The number of aromatic amines is 1. The molecule has 0 aliphatic carbocycles. The maximum absolute atomic E-state index is 12.1. The highest BCUT2D eigenvalue weighted by atomic mass is 32.1. The van der Waals surface area contributed by atoms with E-state index in [9.17, 15) is 14.7 Å². The van der Waals surface area contributed by atoms with E-state index in [2.05, 4.69) is 10.3 Å². The number of fused-ring (bicyclic) bond motifs is 1. The van der Waals surface area contributed by atoms with E-state index in [0.29, 0.717) is 15.9 Å². The van der Waals surface area contributed by atoms with Gasteiger partial charge in [-0.3, -0.25) is 9.59 Å². The molecule has 0 atom stereocenters. The summed E-state index contributed by atoms with van der Waals surface area (Å²) in [6, 6.07) is 10.4. The number of benzene rings is 1. The standard InChI is InChI=1S/C14H10N2O3S/c17-11-10(13(18)15-8-4-2-1-3-5-8)14(19)16-9-6-7-20-12(9)11/h1-7H,(H,15,18)(H2,16,17,19). The molecule has 0 unspecified atom stereocenters. The third-order valence-electron chi connectivity index (χ3n) is 2.85. The first-order valence-corrected chi connectivity index (χ1v) is 6.73. The van der Waals surface area contributed by atoms with Crippen LogP contribution in [-0.2, 0) is 0 Å². The smallest absolute Gasteiger partial charge is 0.265 e. The van der Waals surface area contributed by atoms with E-state index in [4.69, 9.17) is 0 Å². The average molecular weight is 286 g/mol. The van der Waals surface area contributed by atoms with Crippen LogP contribution < -0.4 is 10.9 Å². The third kappa shape index (κ3) is 2.06. The fourth-order valence-electron chi connectivity index (χ4n) is 1.92. The number of amides is 1. The van der Waals surface area contributed by atoms with Crippen LogP contribution in [0.4, 0.5) is 5.69 Å². The molecular formula is C14H10N2O3S. The zero-order chi connectivity index (χ0) is 14.1. The first-order valence-electron chi connectivity index (χ1n) is 5.85. The number of para-hydroxylation sites is 1. The van der Waals surface area contributed by atoms with Crippen LogP contribution >= 0.6 is 11.3 Å². The lowest BCUT2D eigenvalue weighted by molar-refractivity contribution is 0.102. The first-order chi connectivity index (χ1) is 9.66. The predicted octanol–water partition coefficient (Wildman–Crippen LogP) is 2.55. The van der Waals surface area contributed by atoms with Gasteiger partial charge in [0.1, 0.15) is 5.56 Å². The fourth-order valence-corrected chi connectivity index (χ4v) is 2.72. The predicted molar refractivity (Wildman–Crippen MR) is 78.5 cm³/mol. The van der Waals surface area contributed by atoms with E-state index in [1.807, 2.05) is 6.07 Å². The third-order valence-corrected chi connectivity index (χ3v) is 3.77. The van der Waals surface area contributed by atoms with Crippen molar-refractivity contribution in [3.05, 3.63) is 57.7 Å². The molecular weight excluding hydrogens is 276 g/mol. The van der Waals surface area contributed by atoms with Gasteiger partial charge in [0.25, 0.3) is 11.5 Å². The van der Waals surface area contributed by atoms with Crippen molar-refractivity contribution in [1.29, 1.82) is 0 Å². The maximum atomic E-state index is 12.1. The van der Waals surface area contributed by atoms with Gasteiger partial charge >= 0.3 is 0 Å². The molecule has 0 saturated carbocycles. The van der Waals surface area contributed by atoms with Crippen LogP contribution in [0.15, 0.2) is 46.6 Å². The largest absolute Gasteiger partial charge is 0.505 e. The molecule has 5 nitrogen and oxygen atoms in total. The van der Waals surface area contributed by atoms with Crippen LogP contribution in [0.2, 0.25) is 0 Å². The lowest BCUT2D eigenvalue weighted by atomic mass is 10.2. The summed E-state index contributed by atoms with van der Waals surface area (Å²) in [6.45, 7) is 0. The number of aromatic hydroxyl groups is 1. The summed E-state index contributed by atoms with van der Waals surface area (Å²) in [7, 11) is 0. The van der Waals surface area contributed by atoms with Crippen molar-refractivity contribution in [2.45, 2.75) is 0 Å². The number of anilines is 1. The van der Waals surface area contributed by atoms with E-state index in [1.54, 1.807) is 35.7 Å². The minimum atomic E-state index is -0.634. The van der Waals surface area contributed by atoms with E-state index in [1.165, 1.54) is 11.3 Å². The second-order valence-electron chi connectivity index (χ2n) is 4.16. The minimum Gasteiger partial charge on any atom is -0.505 e. The van der Waals surface area contributed by atoms with Gasteiger partial charge in [-0.2, -0.15) is 0 Å². The summed E-state index contributed by atoms with van der Waals surface area (Å²) < 4.78 is 0.489. The second-order valence-corrected chi connectivity index (χ2v) is 5.08. The summed E-state index contributed by atoms with van der Waals surface area (Å²) in [5, 5.41) is 14.4. The van der Waals surface area contributed by atoms with Crippen LogP contribution in [0.25, 0.3) is 10.2 Å². The van der Waals surface area contributed by atoms with E-state index in [-0.39, 0.29) is 11.3 Å². The second kappa shape index (κ2) is 4.82. The minimum absolute atomic E-state index is 0.274. The van der Waals surface area contributed by atoms with Crippen LogP contribution in [0.5, 0.6) is 5.75 Å². The maximum Gasteiger partial charge on any atom is 0.265 e. The van der Waals surface area contributed by atoms with E-state index in [0.717, 1.165) is 0 Å². The van der Waals surface area contributed by atoms with Gasteiger partial charge in [0.05, 0.1) is 10.2 Å². The highest BCUT2D eigenvalue weighted by Gasteiger charge is 2.19. The average Bonchev–Trinajstić information content (AvgIpc) is 2.88. The van der Waals surface area contributed by atoms with Crippen LogP contribution in [0.3, 0.4) is 0 Å². The van der Waals surface area contributed by atoms with Crippen LogP contribution in [-0.4, -0.2) is 16.0 Å². The molecule has 6 heteroatoms. The number of H-pyrrole nitrogens is 1. The number of hydrogen-bond acceptors (Lipinski definition) is 4. The van der Waals surface area contributed by atoms with Crippen molar-refractivity contribution in [2.75, 3.05) is 5.32 Å². The van der Waals surface area contributed by atoms with Crippen molar-refractivity contribution in [3.63, 3.8) is 0 Å². The molecule has 0 aliphatic rings. The van der Waals surface area contributed by atoms with Gasteiger partial charge in [0.2, 0.25) is 0 Å². The molecule has 0 bridgehead atoms. The summed E-state index contributed by atoms with van der Waals surface area (Å²) in [4.78, 5) is 26.6. The highest BCUT2D eigenvalue weighted by molar-refractivity contribution is 7.17. The Morgan fingerprint density at radius 3 is 2.70 bits per heavy atom. The molecule has 20 heavy (non-hydrogen) atoms. The Labute approximate surface area is 117 Å². The number of nitrogens with one attached hydrogen (secondary N) is 2. The van der Waals surface area contributed by atoms with Crippen LogP contribution in [0.1, 0.15) is 10.4 Å². The molecule has 0 fully saturated rings. The first kappa shape index (κ1) is 12.4. The number of thiophene rings is 1. The number of pyridine rings is 1. The van der Waals surface area contributed by atoms with Gasteiger partial charge in [0, 0.05) is 5.69 Å². The molecule has 2 aromatic heterocycles. The molecule has 100 valence electrons. The number of rotatable bonds is 2. The molecule has 3 N–H and O–H groups in total. The summed E-state index contributed by atoms with van der Waals surface area (Å²) in [5.41, 5.74) is 0.196. The molecule has 3 aromatic rings. The zero-order valence-corrected chi connectivity index (χ0v) is 11.0. The quantitative estimate of drug-likeness (QED) is 0.677. The van der Waals surface area contributed by atoms with Gasteiger partial charge in [0.15, 0.2) is 5.75 Å². The van der Waals surface area contributed by atoms with Gasteiger partial charge in [-0.1, -0.05) is 18.2 Å². The van der Waals surface area contributed by atoms with Crippen LogP contribution in [0, 0.1) is 0 Å². The molecule has 0 aliphatic heterocycles. The fraction of sp³-hybridized carbons (Fsp3) is 0. The van der Waals surface area contributed by atoms with Crippen molar-refractivity contribution >= 4 is 33.1 Å². The SMILES string of the molecule is O=C(Nc1ccccc1)c1c(O)c2sccc2[nH]c1=O. The Morgan fingerprint density at radius 1 is 1.20 bits per heavy atom. The summed E-state index contributed by atoms with van der Waals surface area (Å²) >= 11 is 1.26. The monoisotopic (exact) mass is 286 g/mol. The van der Waals surface area contributed by atoms with Gasteiger partial charge in [-0.15, -0.1) is 11.3 Å². The Balaban J connectivity index is 2.05.